The third-order valence-electron chi connectivity index (χ3n) is 4.86. The van der Waals surface area contributed by atoms with E-state index in [0.717, 1.165) is 11.1 Å². The third kappa shape index (κ3) is 5.32. The molecule has 3 rings (SSSR count). The second kappa shape index (κ2) is 8.38. The van der Waals surface area contributed by atoms with Crippen molar-refractivity contribution in [2.24, 2.45) is 0 Å². The lowest BCUT2D eigenvalue weighted by Gasteiger charge is -2.27. The Morgan fingerprint density at radius 2 is 1.40 bits per heavy atom. The van der Waals surface area contributed by atoms with Gasteiger partial charge < -0.3 is 20.1 Å². The molecule has 6 heteroatoms. The summed E-state index contributed by atoms with van der Waals surface area (Å²) >= 11 is 0. The predicted octanol–water partition coefficient (Wildman–Crippen LogP) is 4.83. The summed E-state index contributed by atoms with van der Waals surface area (Å²) in [6.45, 7) is 9.48. The summed E-state index contributed by atoms with van der Waals surface area (Å²) in [5.74, 6) is 0.00570. The molecule has 1 aliphatic carbocycles. The number of ether oxygens (including phenoxy) is 2. The summed E-state index contributed by atoms with van der Waals surface area (Å²) in [6.07, 6.45) is -1.04. The quantitative estimate of drug-likeness (QED) is 0.740. The van der Waals surface area contributed by atoms with Crippen molar-refractivity contribution in [2.75, 3.05) is 13.2 Å². The van der Waals surface area contributed by atoms with Crippen LogP contribution in [0.15, 0.2) is 48.5 Å². The van der Waals surface area contributed by atoms with Gasteiger partial charge in [-0.25, -0.2) is 9.59 Å². The summed E-state index contributed by atoms with van der Waals surface area (Å²) in [6, 6.07) is 16.4. The first-order valence-corrected chi connectivity index (χ1v) is 10.2. The van der Waals surface area contributed by atoms with Crippen molar-refractivity contribution in [1.82, 2.24) is 10.6 Å². The lowest BCUT2D eigenvalue weighted by Crippen LogP contribution is -2.52. The van der Waals surface area contributed by atoms with Gasteiger partial charge in [0.1, 0.15) is 12.2 Å². The maximum Gasteiger partial charge on any atom is 0.407 e. The number of benzene rings is 2. The number of rotatable bonds is 5. The number of fused-ring (bicyclic) bond motifs is 3. The highest BCUT2D eigenvalue weighted by Crippen LogP contribution is 2.44. The van der Waals surface area contributed by atoms with E-state index in [1.54, 1.807) is 20.8 Å². The van der Waals surface area contributed by atoms with Crippen molar-refractivity contribution in [2.45, 2.75) is 51.7 Å². The van der Waals surface area contributed by atoms with Crippen LogP contribution in [0.25, 0.3) is 11.1 Å². The topological polar surface area (TPSA) is 76.7 Å². The second-order valence-electron chi connectivity index (χ2n) is 9.19. The molecule has 0 aliphatic heterocycles. The number of alkyl carbamates (subject to hydrolysis) is 2. The minimum absolute atomic E-state index is 0.00570. The Hall–Kier alpha value is -3.02. The minimum Gasteiger partial charge on any atom is -0.449 e. The second-order valence-corrected chi connectivity index (χ2v) is 9.19. The highest BCUT2D eigenvalue weighted by Gasteiger charge is 2.30. The van der Waals surface area contributed by atoms with E-state index in [0.29, 0.717) is 0 Å². The summed E-state index contributed by atoms with van der Waals surface area (Å²) in [5, 5.41) is 5.49. The fourth-order valence-corrected chi connectivity index (χ4v) is 3.56. The molecule has 30 heavy (non-hydrogen) atoms. The summed E-state index contributed by atoms with van der Waals surface area (Å²) < 4.78 is 10.8. The number of carbonyl (C=O) groups is 2. The van der Waals surface area contributed by atoms with Crippen molar-refractivity contribution in [3.05, 3.63) is 59.7 Å². The summed E-state index contributed by atoms with van der Waals surface area (Å²) in [7, 11) is 0. The van der Waals surface area contributed by atoms with Crippen LogP contribution in [-0.2, 0) is 9.47 Å². The molecule has 2 aromatic carbocycles. The standard InChI is InChI=1S/C24H30N2O4/c1-23(2,3)30-21(27)25-15-24(4,5)26-22(28)29-14-20-18-12-8-6-10-16(18)17-11-7-9-13-19(17)20/h6-13,20H,14-15H2,1-5H3,(H,25,27)(H,26,28). The van der Waals surface area contributed by atoms with Gasteiger partial charge >= 0.3 is 12.2 Å². The molecule has 2 amide bonds. The molecule has 0 heterocycles. The number of carbonyl (C=O) groups excluding carboxylic acids is 2. The molecule has 0 fully saturated rings. The zero-order valence-electron chi connectivity index (χ0n) is 18.2. The lowest BCUT2D eigenvalue weighted by molar-refractivity contribution is 0.0510. The molecule has 0 unspecified atom stereocenters. The van der Waals surface area contributed by atoms with Crippen LogP contribution in [0.3, 0.4) is 0 Å². The van der Waals surface area contributed by atoms with Gasteiger partial charge in [-0.15, -0.1) is 0 Å². The van der Waals surface area contributed by atoms with Crippen LogP contribution in [0, 0.1) is 0 Å². The Bertz CT molecular complexity index is 885. The lowest BCUT2D eigenvalue weighted by atomic mass is 9.98. The Labute approximate surface area is 178 Å². The van der Waals surface area contributed by atoms with Gasteiger partial charge in [0.2, 0.25) is 0 Å². The van der Waals surface area contributed by atoms with Gasteiger partial charge in [0, 0.05) is 12.5 Å². The molecular formula is C24H30N2O4. The van der Waals surface area contributed by atoms with E-state index < -0.39 is 23.3 Å². The smallest absolute Gasteiger partial charge is 0.407 e. The monoisotopic (exact) mass is 410 g/mol. The molecule has 0 atom stereocenters. The Morgan fingerprint density at radius 3 is 1.93 bits per heavy atom. The number of amides is 2. The first-order chi connectivity index (χ1) is 14.1. The van der Waals surface area contributed by atoms with Crippen LogP contribution in [-0.4, -0.2) is 36.5 Å². The summed E-state index contributed by atoms with van der Waals surface area (Å²) in [4.78, 5) is 24.3. The van der Waals surface area contributed by atoms with Crippen molar-refractivity contribution >= 4 is 12.2 Å². The van der Waals surface area contributed by atoms with Crippen LogP contribution in [0.5, 0.6) is 0 Å². The molecule has 0 radical (unpaired) electrons. The van der Waals surface area contributed by atoms with Crippen LogP contribution < -0.4 is 10.6 Å². The molecule has 0 aromatic heterocycles. The zero-order valence-corrected chi connectivity index (χ0v) is 18.2. The molecule has 0 saturated carbocycles. The van der Waals surface area contributed by atoms with Crippen LogP contribution in [0.4, 0.5) is 9.59 Å². The maximum absolute atomic E-state index is 12.4. The van der Waals surface area contributed by atoms with E-state index in [9.17, 15) is 9.59 Å². The number of nitrogens with one attached hydrogen (secondary N) is 2. The maximum atomic E-state index is 12.4. The SMILES string of the molecule is CC(C)(CNC(=O)OC(C)(C)C)NC(=O)OCC1c2ccccc2-c2ccccc21. The summed E-state index contributed by atoms with van der Waals surface area (Å²) in [5.41, 5.74) is 3.43. The van der Waals surface area contributed by atoms with Gasteiger partial charge in [-0.3, -0.25) is 0 Å². The molecule has 160 valence electrons. The molecular weight excluding hydrogens is 380 g/mol. The Morgan fingerprint density at radius 1 is 0.867 bits per heavy atom. The van der Waals surface area contributed by atoms with Gasteiger partial charge in [-0.05, 0) is 56.9 Å². The van der Waals surface area contributed by atoms with Gasteiger partial charge in [0.15, 0.2) is 0 Å². The molecule has 0 saturated heterocycles. The van der Waals surface area contributed by atoms with Gasteiger partial charge in [0.05, 0.1) is 5.54 Å². The van der Waals surface area contributed by atoms with Crippen molar-refractivity contribution in [1.29, 1.82) is 0 Å². The van der Waals surface area contributed by atoms with E-state index >= 15 is 0 Å². The fourth-order valence-electron chi connectivity index (χ4n) is 3.56. The van der Waals surface area contributed by atoms with E-state index in [2.05, 4.69) is 34.9 Å². The average molecular weight is 411 g/mol. The van der Waals surface area contributed by atoms with Gasteiger partial charge in [0.25, 0.3) is 0 Å². The molecule has 2 aromatic rings. The van der Waals surface area contributed by atoms with Crippen LogP contribution in [0.1, 0.15) is 51.7 Å². The normalized spacial score (nSPS) is 13.2. The average Bonchev–Trinajstić information content (AvgIpc) is 2.97. The first-order valence-electron chi connectivity index (χ1n) is 10.2. The van der Waals surface area contributed by atoms with Gasteiger partial charge in [-0.2, -0.15) is 0 Å². The van der Waals surface area contributed by atoms with E-state index in [1.807, 2.05) is 38.1 Å². The fraction of sp³-hybridized carbons (Fsp3) is 0.417. The van der Waals surface area contributed by atoms with Crippen molar-refractivity contribution in [3.63, 3.8) is 0 Å². The van der Waals surface area contributed by atoms with E-state index in [4.69, 9.17) is 9.47 Å². The first kappa shape index (κ1) is 21.7. The number of hydrogen-bond donors (Lipinski definition) is 2. The minimum atomic E-state index is -0.695. The van der Waals surface area contributed by atoms with Crippen LogP contribution in [0.2, 0.25) is 0 Å². The number of hydrogen-bond acceptors (Lipinski definition) is 4. The highest BCUT2D eigenvalue weighted by atomic mass is 16.6. The largest absolute Gasteiger partial charge is 0.449 e. The van der Waals surface area contributed by atoms with Crippen molar-refractivity contribution < 1.29 is 19.1 Å². The Kier molecular flexibility index (Phi) is 6.06. The third-order valence-corrected chi connectivity index (χ3v) is 4.86. The molecule has 0 bridgehead atoms. The molecule has 6 nitrogen and oxygen atoms in total. The Balaban J connectivity index is 1.56. The van der Waals surface area contributed by atoms with Crippen LogP contribution >= 0.6 is 0 Å². The highest BCUT2D eigenvalue weighted by molar-refractivity contribution is 5.79. The molecule has 2 N–H and O–H groups in total. The van der Waals surface area contributed by atoms with Crippen molar-refractivity contribution in [3.8, 4) is 11.1 Å². The van der Waals surface area contributed by atoms with Gasteiger partial charge in [-0.1, -0.05) is 48.5 Å². The zero-order chi connectivity index (χ0) is 21.9. The molecule has 1 aliphatic rings. The molecule has 0 spiro atoms. The van der Waals surface area contributed by atoms with E-state index in [-0.39, 0.29) is 19.1 Å². The predicted molar refractivity (Wildman–Crippen MR) is 117 cm³/mol. The van der Waals surface area contributed by atoms with E-state index in [1.165, 1.54) is 11.1 Å².